The number of nitro benzene ring substituents is 1. The molecule has 1 aromatic rings. The lowest BCUT2D eigenvalue weighted by Gasteiger charge is -2.21. The van der Waals surface area contributed by atoms with Crippen molar-refractivity contribution >= 4 is 23.2 Å². The fourth-order valence-electron chi connectivity index (χ4n) is 1.61. The Morgan fingerprint density at radius 3 is 2.58 bits per heavy atom. The molecular formula is C13H15ClN2O3. The van der Waals surface area contributed by atoms with Crippen LogP contribution in [0.4, 0.5) is 5.69 Å². The summed E-state index contributed by atoms with van der Waals surface area (Å²) in [7, 11) is 0. The number of benzene rings is 1. The largest absolute Gasteiger partial charge is 0.335 e. The van der Waals surface area contributed by atoms with Gasteiger partial charge in [0.1, 0.15) is 0 Å². The number of non-ortho nitro benzene ring substituents is 1. The van der Waals surface area contributed by atoms with Crippen LogP contribution < -0.4 is 0 Å². The zero-order chi connectivity index (χ0) is 14.6. The van der Waals surface area contributed by atoms with Crippen LogP contribution in [-0.4, -0.2) is 28.8 Å². The van der Waals surface area contributed by atoms with Crippen LogP contribution in [-0.2, 0) is 0 Å². The fourth-order valence-corrected chi connectivity index (χ4v) is 1.87. The first-order valence-electron chi connectivity index (χ1n) is 5.74. The van der Waals surface area contributed by atoms with Crippen molar-refractivity contribution in [2.75, 3.05) is 13.1 Å². The zero-order valence-electron chi connectivity index (χ0n) is 10.9. The Morgan fingerprint density at radius 2 is 2.16 bits per heavy atom. The summed E-state index contributed by atoms with van der Waals surface area (Å²) in [6.07, 6.45) is 0. The van der Waals surface area contributed by atoms with Gasteiger partial charge in [0, 0.05) is 25.2 Å². The van der Waals surface area contributed by atoms with Gasteiger partial charge in [0.15, 0.2) is 0 Å². The van der Waals surface area contributed by atoms with Crippen LogP contribution >= 0.6 is 11.6 Å². The van der Waals surface area contributed by atoms with Crippen molar-refractivity contribution in [2.24, 2.45) is 0 Å². The highest BCUT2D eigenvalue weighted by atomic mass is 35.5. The van der Waals surface area contributed by atoms with E-state index >= 15 is 0 Å². The first kappa shape index (κ1) is 15.2. The zero-order valence-corrected chi connectivity index (χ0v) is 11.6. The van der Waals surface area contributed by atoms with Gasteiger partial charge in [0.2, 0.25) is 0 Å². The highest BCUT2D eigenvalue weighted by Crippen LogP contribution is 2.23. The molecule has 1 aromatic carbocycles. The Kier molecular flexibility index (Phi) is 5.06. The molecule has 0 heterocycles. The average Bonchev–Trinajstić information content (AvgIpc) is 2.34. The minimum atomic E-state index is -0.550. The van der Waals surface area contributed by atoms with E-state index in [1.54, 1.807) is 4.90 Å². The molecule has 0 fully saturated rings. The first-order chi connectivity index (χ1) is 8.86. The number of nitro groups is 1. The molecule has 0 saturated heterocycles. The molecule has 0 aliphatic carbocycles. The van der Waals surface area contributed by atoms with Gasteiger partial charge in [0.25, 0.3) is 11.6 Å². The molecule has 102 valence electrons. The van der Waals surface area contributed by atoms with Crippen LogP contribution in [0.3, 0.4) is 0 Å². The van der Waals surface area contributed by atoms with Crippen molar-refractivity contribution in [2.45, 2.75) is 13.8 Å². The van der Waals surface area contributed by atoms with Crippen LogP contribution in [0.1, 0.15) is 24.2 Å². The molecule has 0 atom stereocenters. The van der Waals surface area contributed by atoms with Gasteiger partial charge in [-0.15, -0.1) is 0 Å². The second kappa shape index (κ2) is 6.33. The Morgan fingerprint density at radius 1 is 1.53 bits per heavy atom. The van der Waals surface area contributed by atoms with Crippen LogP contribution in [0.15, 0.2) is 30.4 Å². The van der Waals surface area contributed by atoms with E-state index in [4.69, 9.17) is 11.6 Å². The molecule has 1 amide bonds. The minimum Gasteiger partial charge on any atom is -0.335 e. The van der Waals surface area contributed by atoms with E-state index in [1.807, 2.05) is 13.8 Å². The van der Waals surface area contributed by atoms with E-state index in [0.29, 0.717) is 13.1 Å². The molecule has 19 heavy (non-hydrogen) atoms. The van der Waals surface area contributed by atoms with E-state index in [2.05, 4.69) is 6.58 Å². The number of halogens is 1. The van der Waals surface area contributed by atoms with Gasteiger partial charge in [-0.1, -0.05) is 23.8 Å². The van der Waals surface area contributed by atoms with Crippen molar-refractivity contribution in [1.29, 1.82) is 0 Å². The highest BCUT2D eigenvalue weighted by molar-refractivity contribution is 6.34. The fraction of sp³-hybridized carbons (Fsp3) is 0.308. The van der Waals surface area contributed by atoms with E-state index in [1.165, 1.54) is 18.2 Å². The number of nitrogens with zero attached hydrogens (tertiary/aromatic N) is 2. The van der Waals surface area contributed by atoms with Gasteiger partial charge >= 0.3 is 0 Å². The summed E-state index contributed by atoms with van der Waals surface area (Å²) in [5.74, 6) is -0.259. The molecule has 6 heteroatoms. The molecule has 0 N–H and O–H groups in total. The first-order valence-corrected chi connectivity index (χ1v) is 6.12. The average molecular weight is 283 g/mol. The van der Waals surface area contributed by atoms with Gasteiger partial charge < -0.3 is 4.90 Å². The third-order valence-corrected chi connectivity index (χ3v) is 2.84. The Labute approximate surface area is 116 Å². The van der Waals surface area contributed by atoms with Crippen molar-refractivity contribution < 1.29 is 9.72 Å². The predicted octanol–water partition coefficient (Wildman–Crippen LogP) is 3.29. The van der Waals surface area contributed by atoms with E-state index < -0.39 is 4.92 Å². The lowest BCUT2D eigenvalue weighted by Crippen LogP contribution is -2.32. The number of amides is 1. The molecule has 0 aromatic heterocycles. The van der Waals surface area contributed by atoms with E-state index in [-0.39, 0.29) is 22.2 Å². The number of carbonyl (C=O) groups is 1. The molecule has 0 saturated carbocycles. The van der Waals surface area contributed by atoms with E-state index in [0.717, 1.165) is 5.57 Å². The summed E-state index contributed by atoms with van der Waals surface area (Å²) in [4.78, 5) is 23.9. The quantitative estimate of drug-likeness (QED) is 0.473. The van der Waals surface area contributed by atoms with Gasteiger partial charge in [0.05, 0.1) is 15.5 Å². The van der Waals surface area contributed by atoms with Crippen molar-refractivity contribution in [3.05, 3.63) is 51.1 Å². The summed E-state index contributed by atoms with van der Waals surface area (Å²) < 4.78 is 0. The molecular weight excluding hydrogens is 268 g/mol. The standard InChI is InChI=1S/C13H15ClN2O3/c1-4-15(8-9(2)3)13(17)11-6-5-10(16(18)19)7-12(11)14/h5-7H,2,4,8H2,1,3H3. The Hall–Kier alpha value is -1.88. The number of carbonyl (C=O) groups excluding carboxylic acids is 1. The van der Waals surface area contributed by atoms with Crippen LogP contribution in [0, 0.1) is 10.1 Å². The van der Waals surface area contributed by atoms with Crippen LogP contribution in [0.2, 0.25) is 5.02 Å². The SMILES string of the molecule is C=C(C)CN(CC)C(=O)c1ccc([N+](=O)[O-])cc1Cl. The molecule has 0 unspecified atom stereocenters. The Balaban J connectivity index is 3.05. The minimum absolute atomic E-state index is 0.0827. The smallest absolute Gasteiger partial charge is 0.270 e. The molecule has 0 aliphatic rings. The second-order valence-corrected chi connectivity index (χ2v) is 4.60. The summed E-state index contributed by atoms with van der Waals surface area (Å²) in [5.41, 5.74) is 0.980. The lowest BCUT2D eigenvalue weighted by atomic mass is 10.1. The summed E-state index contributed by atoms with van der Waals surface area (Å²) in [6.45, 7) is 8.38. The van der Waals surface area contributed by atoms with Crippen molar-refractivity contribution in [3.63, 3.8) is 0 Å². The number of hydrogen-bond donors (Lipinski definition) is 0. The molecule has 0 spiro atoms. The summed E-state index contributed by atoms with van der Waals surface area (Å²) in [5, 5.41) is 10.7. The molecule has 5 nitrogen and oxygen atoms in total. The second-order valence-electron chi connectivity index (χ2n) is 4.20. The van der Waals surface area contributed by atoms with Crippen LogP contribution in [0.5, 0.6) is 0 Å². The molecule has 0 bridgehead atoms. The molecule has 0 aliphatic heterocycles. The normalized spacial score (nSPS) is 10.1. The predicted molar refractivity (Wildman–Crippen MR) is 74.5 cm³/mol. The van der Waals surface area contributed by atoms with E-state index in [9.17, 15) is 14.9 Å². The lowest BCUT2D eigenvalue weighted by molar-refractivity contribution is -0.384. The maximum Gasteiger partial charge on any atom is 0.270 e. The van der Waals surface area contributed by atoms with Crippen LogP contribution in [0.25, 0.3) is 0 Å². The highest BCUT2D eigenvalue weighted by Gasteiger charge is 2.19. The molecule has 0 radical (unpaired) electrons. The maximum absolute atomic E-state index is 12.2. The number of rotatable bonds is 5. The van der Waals surface area contributed by atoms with Crippen molar-refractivity contribution in [3.8, 4) is 0 Å². The third-order valence-electron chi connectivity index (χ3n) is 2.52. The van der Waals surface area contributed by atoms with Gasteiger partial charge in [-0.25, -0.2) is 0 Å². The number of likely N-dealkylation sites (N-methyl/N-ethyl adjacent to an activating group) is 1. The van der Waals surface area contributed by atoms with Gasteiger partial charge in [-0.05, 0) is 19.9 Å². The summed E-state index contributed by atoms with van der Waals surface area (Å²) >= 11 is 5.93. The maximum atomic E-state index is 12.2. The summed E-state index contributed by atoms with van der Waals surface area (Å²) in [6, 6.07) is 3.83. The van der Waals surface area contributed by atoms with Crippen molar-refractivity contribution in [1.82, 2.24) is 4.90 Å². The molecule has 1 rings (SSSR count). The monoisotopic (exact) mass is 282 g/mol. The Bertz CT molecular complexity index is 529. The number of hydrogen-bond acceptors (Lipinski definition) is 3. The van der Waals surface area contributed by atoms with Gasteiger partial charge in [-0.2, -0.15) is 0 Å². The third kappa shape index (κ3) is 3.79. The topological polar surface area (TPSA) is 63.5 Å². The van der Waals surface area contributed by atoms with Gasteiger partial charge in [-0.3, -0.25) is 14.9 Å².